The van der Waals surface area contributed by atoms with Crippen LogP contribution in [0, 0.1) is 6.92 Å². The average Bonchev–Trinajstić information content (AvgIpc) is 2.59. The number of rotatable bonds is 5. The number of para-hydroxylation sites is 1. The Labute approximate surface area is 154 Å². The van der Waals surface area contributed by atoms with E-state index in [1.165, 1.54) is 12.1 Å². The zero-order valence-corrected chi connectivity index (χ0v) is 15.8. The largest absolute Gasteiger partial charge is 0.380 e. The van der Waals surface area contributed by atoms with Crippen molar-refractivity contribution in [3.63, 3.8) is 0 Å². The molecule has 134 valence electrons. The van der Waals surface area contributed by atoms with Gasteiger partial charge < -0.3 is 5.32 Å². The summed E-state index contributed by atoms with van der Waals surface area (Å²) in [5.74, 6) is 0. The minimum Gasteiger partial charge on any atom is -0.380 e. The Bertz CT molecular complexity index is 822. The highest BCUT2D eigenvalue weighted by Gasteiger charge is 2.29. The van der Waals surface area contributed by atoms with Crippen molar-refractivity contribution >= 4 is 27.3 Å². The van der Waals surface area contributed by atoms with Gasteiger partial charge in [-0.05, 0) is 55.7 Å². The van der Waals surface area contributed by atoms with Crippen molar-refractivity contribution in [3.8, 4) is 0 Å². The van der Waals surface area contributed by atoms with Crippen LogP contribution in [0.1, 0.15) is 31.2 Å². The summed E-state index contributed by atoms with van der Waals surface area (Å²) >= 11 is 5.86. The van der Waals surface area contributed by atoms with Crippen molar-refractivity contribution in [2.75, 3.05) is 5.32 Å². The van der Waals surface area contributed by atoms with Crippen molar-refractivity contribution < 1.29 is 8.42 Å². The van der Waals surface area contributed by atoms with E-state index >= 15 is 0 Å². The van der Waals surface area contributed by atoms with Gasteiger partial charge in [0.25, 0.3) is 0 Å². The second-order valence-corrected chi connectivity index (χ2v) is 8.68. The molecule has 0 aromatic heterocycles. The maximum atomic E-state index is 12.7. The summed E-state index contributed by atoms with van der Waals surface area (Å²) in [7, 11) is -3.56. The van der Waals surface area contributed by atoms with Crippen molar-refractivity contribution in [1.82, 2.24) is 4.72 Å². The lowest BCUT2D eigenvalue weighted by atomic mass is 9.90. The third kappa shape index (κ3) is 4.54. The van der Waals surface area contributed by atoms with E-state index in [0.717, 1.165) is 36.9 Å². The molecule has 0 spiro atoms. The molecule has 0 aliphatic heterocycles. The van der Waals surface area contributed by atoms with Gasteiger partial charge in [0.05, 0.1) is 4.90 Å². The maximum absolute atomic E-state index is 12.7. The molecule has 0 heterocycles. The first kappa shape index (κ1) is 18.2. The summed E-state index contributed by atoms with van der Waals surface area (Å²) in [4.78, 5) is 0.247. The highest BCUT2D eigenvalue weighted by Crippen LogP contribution is 2.25. The molecule has 0 amide bonds. The molecule has 2 aromatic carbocycles. The van der Waals surface area contributed by atoms with Gasteiger partial charge in [-0.25, -0.2) is 13.1 Å². The van der Waals surface area contributed by atoms with Gasteiger partial charge in [0, 0.05) is 22.8 Å². The molecule has 2 atom stereocenters. The van der Waals surface area contributed by atoms with Crippen LogP contribution in [-0.4, -0.2) is 20.5 Å². The van der Waals surface area contributed by atoms with Gasteiger partial charge in [0.1, 0.15) is 0 Å². The molecule has 1 saturated carbocycles. The topological polar surface area (TPSA) is 58.2 Å². The van der Waals surface area contributed by atoms with Crippen LogP contribution in [0.5, 0.6) is 0 Å². The second-order valence-electron chi connectivity index (χ2n) is 6.53. The van der Waals surface area contributed by atoms with Gasteiger partial charge in [-0.1, -0.05) is 42.6 Å². The van der Waals surface area contributed by atoms with Gasteiger partial charge >= 0.3 is 0 Å². The fourth-order valence-corrected chi connectivity index (χ4v) is 4.70. The minimum absolute atomic E-state index is 0.0805. The second kappa shape index (κ2) is 7.77. The molecule has 6 heteroatoms. The van der Waals surface area contributed by atoms with E-state index in [2.05, 4.69) is 23.0 Å². The standard InChI is InChI=1S/C19H23ClN2O2S/c1-14-6-2-3-7-17(14)21-18-8-4-5-9-19(18)22-25(23,24)16-12-10-15(20)11-13-16/h2-3,6-7,10-13,18-19,21-22H,4-5,8-9H2,1H3/t18-,19+/m0/s1. The van der Waals surface area contributed by atoms with Gasteiger partial charge in [-0.2, -0.15) is 0 Å². The molecule has 1 aliphatic rings. The van der Waals surface area contributed by atoms with Crippen LogP contribution in [0.2, 0.25) is 5.02 Å². The summed E-state index contributed by atoms with van der Waals surface area (Å²) < 4.78 is 28.3. The van der Waals surface area contributed by atoms with Gasteiger partial charge in [0.2, 0.25) is 10.0 Å². The number of anilines is 1. The summed E-state index contributed by atoms with van der Waals surface area (Å²) in [5, 5.41) is 4.06. The number of sulfonamides is 1. The minimum atomic E-state index is -3.56. The average molecular weight is 379 g/mol. The lowest BCUT2D eigenvalue weighted by molar-refractivity contribution is 0.378. The van der Waals surface area contributed by atoms with Gasteiger partial charge in [-0.15, -0.1) is 0 Å². The number of hydrogen-bond acceptors (Lipinski definition) is 3. The molecule has 0 saturated heterocycles. The summed E-state index contributed by atoms with van der Waals surface area (Å²) in [6, 6.07) is 14.3. The van der Waals surface area contributed by atoms with Gasteiger partial charge in [-0.3, -0.25) is 0 Å². The Kier molecular flexibility index (Phi) is 5.67. The zero-order valence-electron chi connectivity index (χ0n) is 14.2. The number of hydrogen-bond donors (Lipinski definition) is 2. The SMILES string of the molecule is Cc1ccccc1N[C@H]1CCCC[C@H]1NS(=O)(=O)c1ccc(Cl)cc1. The van der Waals surface area contributed by atoms with Crippen LogP contribution in [0.3, 0.4) is 0 Å². The molecule has 3 rings (SSSR count). The van der Waals surface area contributed by atoms with E-state index in [4.69, 9.17) is 11.6 Å². The Hall–Kier alpha value is -1.56. The molecule has 1 fully saturated rings. The first-order valence-electron chi connectivity index (χ1n) is 8.56. The smallest absolute Gasteiger partial charge is 0.240 e. The molecule has 2 N–H and O–H groups in total. The Morgan fingerprint density at radius 1 is 0.960 bits per heavy atom. The highest BCUT2D eigenvalue weighted by atomic mass is 35.5. The van der Waals surface area contributed by atoms with Crippen molar-refractivity contribution in [1.29, 1.82) is 0 Å². The third-order valence-electron chi connectivity index (χ3n) is 4.68. The summed E-state index contributed by atoms with van der Waals surface area (Å²) in [6.07, 6.45) is 3.90. The van der Waals surface area contributed by atoms with Crippen molar-refractivity contribution in [2.45, 2.75) is 49.6 Å². The predicted molar refractivity (Wildman–Crippen MR) is 103 cm³/mol. The molecule has 25 heavy (non-hydrogen) atoms. The number of halogens is 1. The molecule has 2 aromatic rings. The van der Waals surface area contributed by atoms with E-state index < -0.39 is 10.0 Å². The Morgan fingerprint density at radius 3 is 2.28 bits per heavy atom. The van der Waals surface area contributed by atoms with Crippen LogP contribution in [0.4, 0.5) is 5.69 Å². The Balaban J connectivity index is 1.77. The van der Waals surface area contributed by atoms with Crippen LogP contribution >= 0.6 is 11.6 Å². The summed E-state index contributed by atoms with van der Waals surface area (Å²) in [5.41, 5.74) is 2.22. The highest BCUT2D eigenvalue weighted by molar-refractivity contribution is 7.89. The van der Waals surface area contributed by atoms with Crippen LogP contribution in [0.15, 0.2) is 53.4 Å². The Morgan fingerprint density at radius 2 is 1.60 bits per heavy atom. The van der Waals surface area contributed by atoms with E-state index in [-0.39, 0.29) is 17.0 Å². The number of aryl methyl sites for hydroxylation is 1. The summed E-state index contributed by atoms with van der Waals surface area (Å²) in [6.45, 7) is 2.05. The third-order valence-corrected chi connectivity index (χ3v) is 6.44. The molecule has 4 nitrogen and oxygen atoms in total. The number of nitrogens with one attached hydrogen (secondary N) is 2. The first-order valence-corrected chi connectivity index (χ1v) is 10.4. The monoisotopic (exact) mass is 378 g/mol. The molecule has 0 bridgehead atoms. The van der Waals surface area contributed by atoms with Crippen LogP contribution in [0.25, 0.3) is 0 Å². The lowest BCUT2D eigenvalue weighted by Gasteiger charge is -2.33. The van der Waals surface area contributed by atoms with Crippen molar-refractivity contribution in [3.05, 3.63) is 59.1 Å². The molecule has 1 aliphatic carbocycles. The normalized spacial score (nSPS) is 21.0. The fourth-order valence-electron chi connectivity index (χ4n) is 3.26. The van der Waals surface area contributed by atoms with E-state index in [9.17, 15) is 8.42 Å². The molecular weight excluding hydrogens is 356 g/mol. The van der Waals surface area contributed by atoms with E-state index in [1.807, 2.05) is 18.2 Å². The molecular formula is C19H23ClN2O2S. The van der Waals surface area contributed by atoms with Gasteiger partial charge in [0.15, 0.2) is 0 Å². The van der Waals surface area contributed by atoms with Crippen LogP contribution in [-0.2, 0) is 10.0 Å². The van der Waals surface area contributed by atoms with E-state index in [1.54, 1.807) is 12.1 Å². The molecule has 0 unspecified atom stereocenters. The quantitative estimate of drug-likeness (QED) is 0.813. The van der Waals surface area contributed by atoms with Crippen LogP contribution < -0.4 is 10.0 Å². The van der Waals surface area contributed by atoms with Crippen molar-refractivity contribution in [2.24, 2.45) is 0 Å². The molecule has 0 radical (unpaired) electrons. The predicted octanol–water partition coefficient (Wildman–Crippen LogP) is 4.35. The van der Waals surface area contributed by atoms with E-state index in [0.29, 0.717) is 5.02 Å². The first-order chi connectivity index (χ1) is 12.0. The maximum Gasteiger partial charge on any atom is 0.240 e. The lowest BCUT2D eigenvalue weighted by Crippen LogP contribution is -2.48. The fraction of sp³-hybridized carbons (Fsp3) is 0.368. The number of benzene rings is 2. The zero-order chi connectivity index (χ0) is 17.9.